The van der Waals surface area contributed by atoms with Crippen LogP contribution in [0.2, 0.25) is 6.82 Å². The summed E-state index contributed by atoms with van der Waals surface area (Å²) in [6.45, 7) is 5.58. The Morgan fingerprint density at radius 3 is 2.94 bits per heavy atom. The second kappa shape index (κ2) is 4.80. The molecule has 0 amide bonds. The molecule has 1 aromatic heterocycles. The first-order valence-electron chi connectivity index (χ1n) is 6.11. The fourth-order valence-electron chi connectivity index (χ4n) is 2.49. The van der Waals surface area contributed by atoms with Crippen LogP contribution in [0.1, 0.15) is 18.5 Å². The fraction of sp³-hybridized carbons (Fsp3) is 0.727. The summed E-state index contributed by atoms with van der Waals surface area (Å²) in [5, 5.41) is 20.1. The topological polar surface area (TPSA) is 61.5 Å². The van der Waals surface area contributed by atoms with Crippen molar-refractivity contribution in [1.82, 2.24) is 14.4 Å². The molecule has 1 aromatic rings. The highest BCUT2D eigenvalue weighted by Crippen LogP contribution is 2.23. The van der Waals surface area contributed by atoms with Crippen LogP contribution < -0.4 is 0 Å². The zero-order valence-corrected chi connectivity index (χ0v) is 10.5. The minimum atomic E-state index is -0.762. The van der Waals surface area contributed by atoms with Crippen molar-refractivity contribution in [2.45, 2.75) is 38.7 Å². The summed E-state index contributed by atoms with van der Waals surface area (Å²) in [5.41, 5.74) is 0.194. The molecule has 1 aliphatic rings. The SMILES string of the molecule is CB(O)N1CCCC(O)(Cn2cnc(C)c2)C1. The van der Waals surface area contributed by atoms with E-state index >= 15 is 0 Å². The van der Waals surface area contributed by atoms with E-state index in [1.807, 2.05) is 22.5 Å². The van der Waals surface area contributed by atoms with Gasteiger partial charge in [0, 0.05) is 12.7 Å². The van der Waals surface area contributed by atoms with E-state index in [9.17, 15) is 10.1 Å². The lowest BCUT2D eigenvalue weighted by Gasteiger charge is -2.40. The second-order valence-corrected chi connectivity index (χ2v) is 5.12. The first-order valence-corrected chi connectivity index (χ1v) is 6.11. The van der Waals surface area contributed by atoms with Crippen LogP contribution in [0.4, 0.5) is 0 Å². The Hall–Kier alpha value is -0.845. The Kier molecular flexibility index (Phi) is 3.56. The maximum absolute atomic E-state index is 10.6. The van der Waals surface area contributed by atoms with Crippen molar-refractivity contribution < 1.29 is 10.1 Å². The van der Waals surface area contributed by atoms with Gasteiger partial charge in [0.25, 0.3) is 0 Å². The highest BCUT2D eigenvalue weighted by Gasteiger charge is 2.35. The smallest absolute Gasteiger partial charge is 0.376 e. The molecular weight excluding hydrogens is 217 g/mol. The third kappa shape index (κ3) is 3.09. The van der Waals surface area contributed by atoms with Crippen molar-refractivity contribution in [2.75, 3.05) is 13.1 Å². The van der Waals surface area contributed by atoms with Gasteiger partial charge in [0.05, 0.1) is 24.2 Å². The minimum Gasteiger partial charge on any atom is -0.437 e. The first-order chi connectivity index (χ1) is 7.98. The zero-order chi connectivity index (χ0) is 12.5. The summed E-state index contributed by atoms with van der Waals surface area (Å²) in [6, 6.07) is 0. The van der Waals surface area contributed by atoms with Crippen LogP contribution in [0.15, 0.2) is 12.5 Å². The van der Waals surface area contributed by atoms with Crippen LogP contribution in [-0.2, 0) is 6.54 Å². The Bertz CT molecular complexity index is 383. The van der Waals surface area contributed by atoms with Crippen molar-refractivity contribution in [3.05, 3.63) is 18.2 Å². The Morgan fingerprint density at radius 1 is 1.59 bits per heavy atom. The van der Waals surface area contributed by atoms with Crippen molar-refractivity contribution in [3.8, 4) is 0 Å². The van der Waals surface area contributed by atoms with Crippen LogP contribution in [0.5, 0.6) is 0 Å². The molecular formula is C11H20BN3O2. The maximum atomic E-state index is 10.6. The standard InChI is InChI=1S/C11H20BN3O2/c1-10-6-14(9-13-10)7-11(16)4-3-5-15(8-11)12(2)17/h6,9,16-17H,3-5,7-8H2,1-2H3. The molecule has 0 aromatic carbocycles. The molecule has 17 heavy (non-hydrogen) atoms. The van der Waals surface area contributed by atoms with Gasteiger partial charge in [0.15, 0.2) is 0 Å². The fourth-order valence-corrected chi connectivity index (χ4v) is 2.49. The molecule has 1 aliphatic heterocycles. The van der Waals surface area contributed by atoms with Crippen LogP contribution in [0.25, 0.3) is 0 Å². The number of hydrogen-bond donors (Lipinski definition) is 2. The van der Waals surface area contributed by atoms with E-state index in [1.165, 1.54) is 0 Å². The number of imidazole rings is 1. The molecule has 2 N–H and O–H groups in total. The third-order valence-electron chi connectivity index (χ3n) is 3.35. The lowest BCUT2D eigenvalue weighted by molar-refractivity contribution is -0.0260. The van der Waals surface area contributed by atoms with Crippen LogP contribution >= 0.6 is 0 Å². The van der Waals surface area contributed by atoms with Gasteiger partial charge in [-0.25, -0.2) is 4.98 Å². The van der Waals surface area contributed by atoms with Crippen LogP contribution in [0.3, 0.4) is 0 Å². The predicted octanol–water partition coefficient (Wildman–Crippen LogP) is 0.129. The van der Waals surface area contributed by atoms with E-state index in [2.05, 4.69) is 4.98 Å². The largest absolute Gasteiger partial charge is 0.437 e. The van der Waals surface area contributed by atoms with E-state index in [-0.39, 0.29) is 0 Å². The summed E-state index contributed by atoms with van der Waals surface area (Å²) in [5.74, 6) is 0. The number of hydrogen-bond acceptors (Lipinski definition) is 4. The number of aromatic nitrogens is 2. The average molecular weight is 237 g/mol. The lowest BCUT2D eigenvalue weighted by atomic mass is 9.79. The normalized spacial score (nSPS) is 26.1. The van der Waals surface area contributed by atoms with Crippen molar-refractivity contribution >= 4 is 7.05 Å². The summed E-state index contributed by atoms with van der Waals surface area (Å²) in [6.07, 6.45) is 5.36. The molecule has 1 unspecified atom stereocenters. The summed E-state index contributed by atoms with van der Waals surface area (Å²) < 4.78 is 1.92. The average Bonchev–Trinajstić information content (AvgIpc) is 2.63. The molecule has 1 fully saturated rings. The number of aryl methyl sites for hydroxylation is 1. The van der Waals surface area contributed by atoms with Crippen molar-refractivity contribution in [2.24, 2.45) is 0 Å². The number of piperidine rings is 1. The van der Waals surface area contributed by atoms with Crippen LogP contribution in [0, 0.1) is 6.92 Å². The van der Waals surface area contributed by atoms with Gasteiger partial charge in [-0.1, -0.05) is 0 Å². The number of nitrogens with zero attached hydrogens (tertiary/aromatic N) is 3. The quantitative estimate of drug-likeness (QED) is 0.733. The summed E-state index contributed by atoms with van der Waals surface area (Å²) >= 11 is 0. The van der Waals surface area contributed by atoms with Gasteiger partial charge >= 0.3 is 7.05 Å². The zero-order valence-electron chi connectivity index (χ0n) is 10.5. The highest BCUT2D eigenvalue weighted by atomic mass is 16.3. The predicted molar refractivity (Wildman–Crippen MR) is 66.6 cm³/mol. The second-order valence-electron chi connectivity index (χ2n) is 5.12. The molecule has 6 heteroatoms. The molecule has 0 aliphatic carbocycles. The van der Waals surface area contributed by atoms with E-state index in [4.69, 9.17) is 0 Å². The molecule has 0 radical (unpaired) electrons. The molecule has 0 bridgehead atoms. The van der Waals surface area contributed by atoms with Gasteiger partial charge in [0.1, 0.15) is 0 Å². The van der Waals surface area contributed by atoms with Gasteiger partial charge in [-0.3, -0.25) is 0 Å². The van der Waals surface area contributed by atoms with Crippen LogP contribution in [-0.4, -0.2) is 50.2 Å². The maximum Gasteiger partial charge on any atom is 0.376 e. The van der Waals surface area contributed by atoms with E-state index in [0.29, 0.717) is 13.1 Å². The van der Waals surface area contributed by atoms with Crippen molar-refractivity contribution in [3.63, 3.8) is 0 Å². The molecule has 5 nitrogen and oxygen atoms in total. The lowest BCUT2D eigenvalue weighted by Crippen LogP contribution is -2.54. The first kappa shape index (κ1) is 12.6. The van der Waals surface area contributed by atoms with E-state index < -0.39 is 12.7 Å². The van der Waals surface area contributed by atoms with E-state index in [0.717, 1.165) is 25.1 Å². The monoisotopic (exact) mass is 237 g/mol. The summed E-state index contributed by atoms with van der Waals surface area (Å²) in [4.78, 5) is 6.07. The van der Waals surface area contributed by atoms with Gasteiger partial charge in [0.2, 0.25) is 0 Å². The molecule has 2 heterocycles. The van der Waals surface area contributed by atoms with Gasteiger partial charge < -0.3 is 19.5 Å². The third-order valence-corrected chi connectivity index (χ3v) is 3.35. The van der Waals surface area contributed by atoms with E-state index in [1.54, 1.807) is 13.2 Å². The molecule has 2 rings (SSSR count). The molecule has 1 atom stereocenters. The van der Waals surface area contributed by atoms with Gasteiger partial charge in [-0.05, 0) is 33.1 Å². The highest BCUT2D eigenvalue weighted by molar-refractivity contribution is 6.45. The Labute approximate surface area is 102 Å². The Balaban J connectivity index is 2.03. The molecule has 0 spiro atoms. The molecule has 1 saturated heterocycles. The number of β-amino-alcohol motifs (C(OH)–C–C–N with tert-alkyl or cyclic N) is 1. The molecule has 0 saturated carbocycles. The number of aliphatic hydroxyl groups is 1. The van der Waals surface area contributed by atoms with Gasteiger partial charge in [-0.2, -0.15) is 0 Å². The Morgan fingerprint density at radius 2 is 2.35 bits per heavy atom. The van der Waals surface area contributed by atoms with Gasteiger partial charge in [-0.15, -0.1) is 0 Å². The van der Waals surface area contributed by atoms with Crippen molar-refractivity contribution in [1.29, 1.82) is 0 Å². The summed E-state index contributed by atoms with van der Waals surface area (Å²) in [7, 11) is -0.494. The minimum absolute atomic E-state index is 0.494. The number of rotatable bonds is 3. The molecule has 94 valence electrons.